The molecule has 0 aromatic heterocycles. The first-order chi connectivity index (χ1) is 10.4. The summed E-state index contributed by atoms with van der Waals surface area (Å²) in [5.74, 6) is 0. The van der Waals surface area contributed by atoms with Gasteiger partial charge in [-0.05, 0) is 59.3 Å². The molecule has 0 rings (SSSR count). The van der Waals surface area contributed by atoms with Gasteiger partial charge >= 0.3 is 0 Å². The minimum Gasteiger partial charge on any atom is -0.388 e. The van der Waals surface area contributed by atoms with Crippen LogP contribution in [0.1, 0.15) is 99.3 Å². The van der Waals surface area contributed by atoms with E-state index in [4.69, 9.17) is 0 Å². The van der Waals surface area contributed by atoms with Crippen LogP contribution in [0.2, 0.25) is 0 Å². The second-order valence-corrected chi connectivity index (χ2v) is 7.55. The topological polar surface area (TPSA) is 20.2 Å². The molecule has 0 aliphatic heterocycles. The zero-order valence-electron chi connectivity index (χ0n) is 16.4. The summed E-state index contributed by atoms with van der Waals surface area (Å²) in [7, 11) is 0. The number of hydrogen-bond donors (Lipinski definition) is 1. The quantitative estimate of drug-likeness (QED) is 0.330. The van der Waals surface area contributed by atoms with Crippen molar-refractivity contribution in [3.8, 4) is 0 Å². The molecule has 0 spiro atoms. The lowest BCUT2D eigenvalue weighted by Gasteiger charge is -2.49. The van der Waals surface area contributed by atoms with E-state index in [1.165, 1.54) is 64.3 Å². The lowest BCUT2D eigenvalue weighted by Crippen LogP contribution is -2.62. The van der Waals surface area contributed by atoms with Gasteiger partial charge in [0, 0.05) is 0 Å². The van der Waals surface area contributed by atoms with Crippen molar-refractivity contribution < 1.29 is 9.59 Å². The summed E-state index contributed by atoms with van der Waals surface area (Å²) in [5.41, 5.74) is 0. The van der Waals surface area contributed by atoms with Crippen LogP contribution in [0.15, 0.2) is 0 Å². The summed E-state index contributed by atoms with van der Waals surface area (Å²) in [6, 6.07) is 1.33. The van der Waals surface area contributed by atoms with Crippen molar-refractivity contribution in [3.05, 3.63) is 0 Å². The molecule has 3 unspecified atom stereocenters. The first-order valence-corrected chi connectivity index (χ1v) is 9.99. The van der Waals surface area contributed by atoms with Gasteiger partial charge in [0.15, 0.2) is 0 Å². The molecule has 0 fully saturated rings. The maximum Gasteiger partial charge on any atom is 0.105 e. The highest BCUT2D eigenvalue weighted by Gasteiger charge is 2.39. The van der Waals surface area contributed by atoms with Crippen LogP contribution in [0, 0.1) is 0 Å². The van der Waals surface area contributed by atoms with E-state index in [9.17, 15) is 5.11 Å². The summed E-state index contributed by atoms with van der Waals surface area (Å²) >= 11 is 0. The van der Waals surface area contributed by atoms with Crippen molar-refractivity contribution in [2.24, 2.45) is 0 Å². The van der Waals surface area contributed by atoms with Gasteiger partial charge in [-0.15, -0.1) is 0 Å². The van der Waals surface area contributed by atoms with Crippen molar-refractivity contribution in [1.82, 2.24) is 0 Å². The maximum atomic E-state index is 10.2. The van der Waals surface area contributed by atoms with Crippen LogP contribution in [0.3, 0.4) is 0 Å². The van der Waals surface area contributed by atoms with Crippen LogP contribution < -0.4 is 0 Å². The summed E-state index contributed by atoms with van der Waals surface area (Å²) in [6.45, 7) is 15.9. The molecule has 0 aliphatic carbocycles. The van der Waals surface area contributed by atoms with E-state index >= 15 is 0 Å². The Bertz CT molecular complexity index is 238. The fourth-order valence-corrected chi connectivity index (χ4v) is 3.99. The normalized spacial score (nSPS) is 18.7. The molecule has 0 aliphatic rings. The van der Waals surface area contributed by atoms with E-state index in [2.05, 4.69) is 34.6 Å². The van der Waals surface area contributed by atoms with Crippen molar-refractivity contribution >= 4 is 0 Å². The van der Waals surface area contributed by atoms with Crippen LogP contribution in [0.5, 0.6) is 0 Å². The zero-order chi connectivity index (χ0) is 17.0. The van der Waals surface area contributed by atoms with Gasteiger partial charge in [0.05, 0.1) is 18.6 Å². The molecule has 1 N–H and O–H groups in total. The average molecular weight is 315 g/mol. The predicted octanol–water partition coefficient (Wildman–Crippen LogP) is 5.53. The standard InChI is InChI=1S/C20H44NO/c1-7-10-13-16-21(17-20(6)22,18(4)14-11-8-2)19(5)15-12-9-3/h18-20,22H,7-17H2,1-6H3/q+1. The Hall–Kier alpha value is -0.0800. The van der Waals surface area contributed by atoms with Gasteiger partial charge in [0.1, 0.15) is 12.6 Å². The van der Waals surface area contributed by atoms with Crippen molar-refractivity contribution in [2.75, 3.05) is 13.1 Å². The number of quaternary nitrogens is 1. The molecule has 0 bridgehead atoms. The third-order valence-corrected chi connectivity index (χ3v) is 5.49. The van der Waals surface area contributed by atoms with Gasteiger partial charge in [-0.3, -0.25) is 0 Å². The Labute approximate surface area is 140 Å². The largest absolute Gasteiger partial charge is 0.388 e. The van der Waals surface area contributed by atoms with Gasteiger partial charge in [0.25, 0.3) is 0 Å². The highest BCUT2D eigenvalue weighted by Crippen LogP contribution is 2.28. The van der Waals surface area contributed by atoms with Gasteiger partial charge in [0.2, 0.25) is 0 Å². The Morgan fingerprint density at radius 1 is 0.727 bits per heavy atom. The molecular formula is C20H44NO+. The van der Waals surface area contributed by atoms with Gasteiger partial charge in [-0.25, -0.2) is 0 Å². The Morgan fingerprint density at radius 3 is 1.55 bits per heavy atom. The number of unbranched alkanes of at least 4 members (excludes halogenated alkanes) is 4. The van der Waals surface area contributed by atoms with Crippen molar-refractivity contribution in [2.45, 2.75) is 118 Å². The molecule has 0 saturated heterocycles. The zero-order valence-corrected chi connectivity index (χ0v) is 16.4. The Kier molecular flexibility index (Phi) is 12.3. The number of nitrogens with zero attached hydrogens (tertiary/aromatic N) is 1. The second-order valence-electron chi connectivity index (χ2n) is 7.55. The maximum absolute atomic E-state index is 10.2. The lowest BCUT2D eigenvalue weighted by molar-refractivity contribution is -0.973. The van der Waals surface area contributed by atoms with Crippen molar-refractivity contribution in [1.29, 1.82) is 0 Å². The Balaban J connectivity index is 5.18. The van der Waals surface area contributed by atoms with Crippen LogP contribution in [0.25, 0.3) is 0 Å². The highest BCUT2D eigenvalue weighted by atomic mass is 16.3. The smallest absolute Gasteiger partial charge is 0.105 e. The van der Waals surface area contributed by atoms with Crippen LogP contribution in [-0.2, 0) is 0 Å². The fraction of sp³-hybridized carbons (Fsp3) is 1.00. The summed E-state index contributed by atoms with van der Waals surface area (Å²) < 4.78 is 1.14. The molecule has 0 aromatic carbocycles. The summed E-state index contributed by atoms with van der Waals surface area (Å²) in [5, 5.41) is 10.2. The van der Waals surface area contributed by atoms with E-state index in [0.29, 0.717) is 12.1 Å². The molecule has 2 heteroatoms. The van der Waals surface area contributed by atoms with Gasteiger partial charge in [-0.1, -0.05) is 40.0 Å². The molecule has 0 heterocycles. The SMILES string of the molecule is CCCCC[N+](CC(C)O)(C(C)CCCC)C(C)CCCC. The third-order valence-electron chi connectivity index (χ3n) is 5.49. The molecule has 3 atom stereocenters. The number of aliphatic hydroxyl groups excluding tert-OH is 1. The minimum absolute atomic E-state index is 0.199. The molecule has 0 aromatic rings. The van der Waals surface area contributed by atoms with Crippen LogP contribution >= 0.6 is 0 Å². The number of aliphatic hydroxyl groups is 1. The number of hydrogen-bond acceptors (Lipinski definition) is 1. The summed E-state index contributed by atoms with van der Waals surface area (Å²) in [4.78, 5) is 0. The minimum atomic E-state index is -0.199. The van der Waals surface area contributed by atoms with E-state index in [-0.39, 0.29) is 6.10 Å². The Morgan fingerprint density at radius 2 is 1.18 bits per heavy atom. The molecular weight excluding hydrogens is 270 g/mol. The first-order valence-electron chi connectivity index (χ1n) is 9.99. The monoisotopic (exact) mass is 314 g/mol. The lowest BCUT2D eigenvalue weighted by atomic mass is 9.97. The van der Waals surface area contributed by atoms with E-state index < -0.39 is 0 Å². The molecule has 22 heavy (non-hydrogen) atoms. The molecule has 0 amide bonds. The molecule has 134 valence electrons. The van der Waals surface area contributed by atoms with E-state index in [1.807, 2.05) is 6.92 Å². The van der Waals surface area contributed by atoms with Gasteiger partial charge in [-0.2, -0.15) is 0 Å². The molecule has 2 nitrogen and oxygen atoms in total. The second kappa shape index (κ2) is 12.4. The number of rotatable bonds is 14. The van der Waals surface area contributed by atoms with Crippen molar-refractivity contribution in [3.63, 3.8) is 0 Å². The molecule has 0 saturated carbocycles. The van der Waals surface area contributed by atoms with E-state index in [0.717, 1.165) is 11.0 Å². The predicted molar refractivity (Wildman–Crippen MR) is 99.2 cm³/mol. The fourth-order valence-electron chi connectivity index (χ4n) is 3.99. The first kappa shape index (κ1) is 21.9. The molecule has 0 radical (unpaired) electrons. The van der Waals surface area contributed by atoms with Crippen LogP contribution in [-0.4, -0.2) is 40.9 Å². The highest BCUT2D eigenvalue weighted by molar-refractivity contribution is 4.65. The third kappa shape index (κ3) is 7.46. The summed E-state index contributed by atoms with van der Waals surface area (Å²) in [6.07, 6.45) is 11.5. The van der Waals surface area contributed by atoms with Gasteiger partial charge < -0.3 is 9.59 Å². The average Bonchev–Trinajstić information content (AvgIpc) is 2.48. The van der Waals surface area contributed by atoms with Crippen LogP contribution in [0.4, 0.5) is 0 Å². The van der Waals surface area contributed by atoms with E-state index in [1.54, 1.807) is 0 Å².